The van der Waals surface area contributed by atoms with E-state index >= 15 is 0 Å². The van der Waals surface area contributed by atoms with E-state index < -0.39 is 0 Å². The summed E-state index contributed by atoms with van der Waals surface area (Å²) in [4.78, 5) is 12.8. The summed E-state index contributed by atoms with van der Waals surface area (Å²) in [5.41, 5.74) is 0. The highest BCUT2D eigenvalue weighted by atomic mass is 32.1. The highest BCUT2D eigenvalue weighted by Crippen LogP contribution is 2.12. The van der Waals surface area contributed by atoms with E-state index in [-0.39, 0.29) is 5.78 Å². The van der Waals surface area contributed by atoms with E-state index in [1.165, 1.54) is 22.8 Å². The van der Waals surface area contributed by atoms with Crippen molar-refractivity contribution < 1.29 is 4.79 Å². The Morgan fingerprint density at radius 1 is 0.909 bits per heavy atom. The number of hydrogen-bond donors (Lipinski definition) is 0. The van der Waals surface area contributed by atoms with E-state index in [1.807, 2.05) is 19.1 Å². The van der Waals surface area contributed by atoms with Crippen LogP contribution in [0.2, 0.25) is 0 Å². The van der Waals surface area contributed by atoms with Gasteiger partial charge in [-0.1, -0.05) is 42.5 Å². The van der Waals surface area contributed by atoms with Gasteiger partial charge in [-0.05, 0) is 55.0 Å². The quantitative estimate of drug-likeness (QED) is 0.469. The third kappa shape index (κ3) is 9.06. The van der Waals surface area contributed by atoms with Crippen LogP contribution in [0.25, 0.3) is 12.2 Å². The van der Waals surface area contributed by atoms with Crippen molar-refractivity contribution in [1.82, 2.24) is 0 Å². The maximum atomic E-state index is 10.2. The van der Waals surface area contributed by atoms with Crippen molar-refractivity contribution in [3.63, 3.8) is 0 Å². The Labute approximate surface area is 140 Å². The molecule has 22 heavy (non-hydrogen) atoms. The molecular formula is C19H20OS2. The molecule has 0 aliphatic heterocycles. The molecule has 0 bridgehead atoms. The van der Waals surface area contributed by atoms with Gasteiger partial charge in [-0.2, -0.15) is 0 Å². The average molecular weight is 329 g/mol. The Balaban J connectivity index is 0.000000261. The van der Waals surface area contributed by atoms with Gasteiger partial charge in [0.1, 0.15) is 0 Å². The van der Waals surface area contributed by atoms with Crippen LogP contribution >= 0.6 is 22.7 Å². The van der Waals surface area contributed by atoms with Crippen molar-refractivity contribution in [2.75, 3.05) is 0 Å². The van der Waals surface area contributed by atoms with E-state index in [9.17, 15) is 4.79 Å². The molecule has 0 radical (unpaired) electrons. The zero-order chi connectivity index (χ0) is 16.0. The molecule has 0 amide bonds. The Hall–Kier alpha value is -1.97. The fourth-order valence-electron chi connectivity index (χ4n) is 1.38. The first-order valence-electron chi connectivity index (χ1n) is 6.94. The smallest absolute Gasteiger partial charge is 0.152 e. The Morgan fingerprint density at radius 3 is 1.82 bits per heavy atom. The van der Waals surface area contributed by atoms with E-state index in [2.05, 4.69) is 59.3 Å². The normalized spacial score (nSPS) is 11.5. The van der Waals surface area contributed by atoms with Gasteiger partial charge in [0.25, 0.3) is 0 Å². The molecule has 0 spiro atoms. The van der Waals surface area contributed by atoms with Crippen LogP contribution in [-0.4, -0.2) is 5.78 Å². The second kappa shape index (κ2) is 11.7. The lowest BCUT2D eigenvalue weighted by Crippen LogP contribution is -1.76. The molecule has 2 heterocycles. The van der Waals surface area contributed by atoms with Gasteiger partial charge < -0.3 is 0 Å². The van der Waals surface area contributed by atoms with Crippen LogP contribution in [0.3, 0.4) is 0 Å². The molecule has 3 heteroatoms. The highest BCUT2D eigenvalue weighted by molar-refractivity contribution is 7.11. The molecule has 2 aromatic rings. The predicted octanol–water partition coefficient (Wildman–Crippen LogP) is 6.24. The summed E-state index contributed by atoms with van der Waals surface area (Å²) in [5.74, 6) is 0.0862. The topological polar surface area (TPSA) is 17.1 Å². The van der Waals surface area contributed by atoms with Gasteiger partial charge in [-0.3, -0.25) is 4.79 Å². The molecule has 0 fully saturated rings. The Morgan fingerprint density at radius 2 is 1.45 bits per heavy atom. The van der Waals surface area contributed by atoms with Crippen LogP contribution in [0.1, 0.15) is 23.6 Å². The van der Waals surface area contributed by atoms with E-state index in [0.29, 0.717) is 0 Å². The largest absolute Gasteiger partial charge is 0.295 e. The lowest BCUT2D eigenvalue weighted by molar-refractivity contribution is -0.112. The van der Waals surface area contributed by atoms with Gasteiger partial charge >= 0.3 is 0 Å². The zero-order valence-corrected chi connectivity index (χ0v) is 14.4. The summed E-state index contributed by atoms with van der Waals surface area (Å²) in [5, 5.41) is 4.17. The van der Waals surface area contributed by atoms with Crippen LogP contribution in [0, 0.1) is 0 Å². The fourth-order valence-corrected chi connectivity index (χ4v) is 2.63. The van der Waals surface area contributed by atoms with Crippen molar-refractivity contribution in [2.24, 2.45) is 0 Å². The minimum absolute atomic E-state index is 0.0862. The van der Waals surface area contributed by atoms with Crippen LogP contribution in [-0.2, 0) is 4.79 Å². The molecule has 1 nitrogen and oxygen atoms in total. The summed E-state index contributed by atoms with van der Waals surface area (Å²) < 4.78 is 0. The van der Waals surface area contributed by atoms with Gasteiger partial charge in [0.2, 0.25) is 0 Å². The van der Waals surface area contributed by atoms with Crippen LogP contribution in [0.5, 0.6) is 0 Å². The Kier molecular flexibility index (Phi) is 9.59. The Bertz CT molecular complexity index is 585. The molecule has 0 N–H and O–H groups in total. The summed E-state index contributed by atoms with van der Waals surface area (Å²) >= 11 is 3.51. The van der Waals surface area contributed by atoms with Crippen molar-refractivity contribution in [2.45, 2.75) is 13.8 Å². The fraction of sp³-hybridized carbons (Fsp3) is 0.105. The van der Waals surface area contributed by atoms with Gasteiger partial charge in [0.05, 0.1) is 0 Å². The molecule has 114 valence electrons. The molecular weight excluding hydrogens is 308 g/mol. The van der Waals surface area contributed by atoms with Gasteiger partial charge in [0.15, 0.2) is 5.78 Å². The third-order valence-electron chi connectivity index (χ3n) is 2.35. The first kappa shape index (κ1) is 18.1. The molecule has 0 unspecified atom stereocenters. The summed E-state index contributed by atoms with van der Waals surface area (Å²) in [6.45, 7) is 3.43. The lowest BCUT2D eigenvalue weighted by Gasteiger charge is -1.81. The van der Waals surface area contributed by atoms with Crippen molar-refractivity contribution in [3.8, 4) is 0 Å². The standard InChI is InChI=1S/C12H10S2.C7H10O/c1(5-11-7-3-9-13-11)2-6-12-8-4-10-14-12;1-3-4-5-6-7(2)8/h1-10H;3-6H,1-2H3. The van der Waals surface area contributed by atoms with Crippen LogP contribution < -0.4 is 0 Å². The predicted molar refractivity (Wildman–Crippen MR) is 101 cm³/mol. The molecule has 0 saturated heterocycles. The lowest BCUT2D eigenvalue weighted by atomic mass is 10.3. The van der Waals surface area contributed by atoms with Gasteiger partial charge in [-0.25, -0.2) is 0 Å². The van der Waals surface area contributed by atoms with Gasteiger partial charge in [-0.15, -0.1) is 22.7 Å². The number of rotatable bonds is 5. The number of ketones is 1. The SMILES string of the molecule is C(C=Cc1cccs1)=Cc1cccs1.CC=CC=CC(C)=O. The first-order chi connectivity index (χ1) is 10.7. The molecule has 2 rings (SSSR count). The molecule has 0 aromatic carbocycles. The summed E-state index contributed by atoms with van der Waals surface area (Å²) in [6, 6.07) is 8.35. The first-order valence-corrected chi connectivity index (χ1v) is 8.70. The zero-order valence-electron chi connectivity index (χ0n) is 12.8. The minimum Gasteiger partial charge on any atom is -0.295 e. The van der Waals surface area contributed by atoms with E-state index in [0.717, 1.165) is 0 Å². The maximum Gasteiger partial charge on any atom is 0.152 e. The molecule has 0 atom stereocenters. The van der Waals surface area contributed by atoms with Crippen molar-refractivity contribution in [1.29, 1.82) is 0 Å². The molecule has 0 aliphatic carbocycles. The average Bonchev–Trinajstić information content (AvgIpc) is 3.18. The van der Waals surface area contributed by atoms with Crippen LogP contribution in [0.15, 0.2) is 71.5 Å². The minimum atomic E-state index is 0.0862. The number of thiophene rings is 2. The van der Waals surface area contributed by atoms with Crippen molar-refractivity contribution >= 4 is 40.6 Å². The molecule has 0 aliphatic rings. The number of allylic oxidation sites excluding steroid dienone is 6. The summed E-state index contributed by atoms with van der Waals surface area (Å²) in [6.07, 6.45) is 15.3. The highest BCUT2D eigenvalue weighted by Gasteiger charge is 1.84. The number of carbonyl (C=O) groups is 1. The van der Waals surface area contributed by atoms with Crippen LogP contribution in [0.4, 0.5) is 0 Å². The second-order valence-corrected chi connectivity index (χ2v) is 6.20. The monoisotopic (exact) mass is 328 g/mol. The summed E-state index contributed by atoms with van der Waals surface area (Å²) in [7, 11) is 0. The second-order valence-electron chi connectivity index (χ2n) is 4.24. The number of hydrogen-bond acceptors (Lipinski definition) is 3. The van der Waals surface area contributed by atoms with E-state index in [4.69, 9.17) is 0 Å². The molecule has 2 aromatic heterocycles. The third-order valence-corrected chi connectivity index (χ3v) is 4.03. The van der Waals surface area contributed by atoms with Gasteiger partial charge in [0, 0.05) is 9.75 Å². The molecule has 0 saturated carbocycles. The van der Waals surface area contributed by atoms with E-state index in [1.54, 1.807) is 28.7 Å². The maximum absolute atomic E-state index is 10.2. The number of carbonyl (C=O) groups excluding carboxylic acids is 1. The van der Waals surface area contributed by atoms with Crippen molar-refractivity contribution in [3.05, 3.63) is 81.2 Å².